The molecule has 0 aliphatic carbocycles. The molecule has 0 bridgehead atoms. The van der Waals surface area contributed by atoms with Crippen LogP contribution in [0.15, 0.2) is 42.5 Å². The van der Waals surface area contributed by atoms with Gasteiger partial charge >= 0.3 is 0 Å². The molecule has 2 atom stereocenters. The summed E-state index contributed by atoms with van der Waals surface area (Å²) in [6, 6.07) is 15.2. The Balaban J connectivity index is 1.90. The number of ether oxygens (including phenoxy) is 1. The summed E-state index contributed by atoms with van der Waals surface area (Å²) in [4.78, 5) is 0. The Hall–Kier alpha value is -1.54. The summed E-state index contributed by atoms with van der Waals surface area (Å²) in [5.74, 6) is 1.00. The van der Waals surface area contributed by atoms with Gasteiger partial charge in [0.1, 0.15) is 11.9 Å². The molecule has 1 saturated heterocycles. The van der Waals surface area contributed by atoms with E-state index in [4.69, 9.17) is 4.74 Å². The molecule has 2 heteroatoms. The Kier molecular flexibility index (Phi) is 2.73. The zero-order valence-electron chi connectivity index (χ0n) is 10.0. The molecular weight excluding hydrogens is 210 g/mol. The molecule has 88 valence electrons. The van der Waals surface area contributed by atoms with E-state index in [1.807, 2.05) is 0 Å². The van der Waals surface area contributed by atoms with Crippen molar-refractivity contribution in [2.75, 3.05) is 6.54 Å². The molecule has 1 aliphatic rings. The fraction of sp³-hybridized carbons (Fsp3) is 0.333. The van der Waals surface area contributed by atoms with Crippen molar-refractivity contribution in [3.05, 3.63) is 42.5 Å². The highest BCUT2D eigenvalue weighted by Gasteiger charge is 2.22. The molecule has 1 heterocycles. The van der Waals surface area contributed by atoms with Crippen LogP contribution in [0.2, 0.25) is 0 Å². The van der Waals surface area contributed by atoms with Gasteiger partial charge in [0, 0.05) is 24.4 Å². The van der Waals surface area contributed by atoms with E-state index in [-0.39, 0.29) is 0 Å². The Morgan fingerprint density at radius 1 is 1.12 bits per heavy atom. The van der Waals surface area contributed by atoms with Crippen LogP contribution in [0.3, 0.4) is 0 Å². The van der Waals surface area contributed by atoms with Crippen molar-refractivity contribution in [1.29, 1.82) is 0 Å². The topological polar surface area (TPSA) is 21.3 Å². The van der Waals surface area contributed by atoms with Crippen molar-refractivity contribution in [2.24, 2.45) is 0 Å². The molecule has 2 nitrogen and oxygen atoms in total. The molecule has 1 aliphatic heterocycles. The molecule has 0 saturated carbocycles. The summed E-state index contributed by atoms with van der Waals surface area (Å²) in [7, 11) is 0. The fourth-order valence-electron chi connectivity index (χ4n) is 2.46. The first kappa shape index (κ1) is 10.6. The maximum Gasteiger partial charge on any atom is 0.127 e. The standard InChI is InChI=1S/C15H17NO/c1-11-9-13(10-16-11)17-15-8-4-6-12-5-2-3-7-14(12)15/h2-8,11,13,16H,9-10H2,1H3/t11-,13+/m1/s1. The molecule has 2 aromatic rings. The molecule has 0 spiro atoms. The molecular formula is C15H17NO. The second kappa shape index (κ2) is 4.38. The number of rotatable bonds is 2. The van der Waals surface area contributed by atoms with E-state index in [9.17, 15) is 0 Å². The van der Waals surface area contributed by atoms with Crippen LogP contribution < -0.4 is 10.1 Å². The Morgan fingerprint density at radius 3 is 2.76 bits per heavy atom. The summed E-state index contributed by atoms with van der Waals surface area (Å²) in [6.45, 7) is 3.15. The first-order valence-electron chi connectivity index (χ1n) is 6.21. The van der Waals surface area contributed by atoms with Gasteiger partial charge in [-0.25, -0.2) is 0 Å². The van der Waals surface area contributed by atoms with Crippen LogP contribution in [0.5, 0.6) is 5.75 Å². The van der Waals surface area contributed by atoms with Crippen LogP contribution >= 0.6 is 0 Å². The Labute approximate surface area is 102 Å². The lowest BCUT2D eigenvalue weighted by molar-refractivity contribution is 0.223. The minimum Gasteiger partial charge on any atom is -0.488 e. The average molecular weight is 227 g/mol. The summed E-state index contributed by atoms with van der Waals surface area (Å²) in [6.07, 6.45) is 1.39. The van der Waals surface area contributed by atoms with E-state index in [1.54, 1.807) is 0 Å². The largest absolute Gasteiger partial charge is 0.488 e. The third kappa shape index (κ3) is 2.13. The molecule has 1 fully saturated rings. The number of benzene rings is 2. The summed E-state index contributed by atoms with van der Waals surface area (Å²) in [5, 5.41) is 5.86. The minimum atomic E-state index is 0.302. The maximum absolute atomic E-state index is 6.10. The van der Waals surface area contributed by atoms with Gasteiger partial charge in [-0.05, 0) is 18.4 Å². The Morgan fingerprint density at radius 2 is 1.94 bits per heavy atom. The van der Waals surface area contributed by atoms with Crippen molar-refractivity contribution in [2.45, 2.75) is 25.5 Å². The molecule has 0 radical (unpaired) electrons. The van der Waals surface area contributed by atoms with Crippen molar-refractivity contribution in [1.82, 2.24) is 5.32 Å². The zero-order chi connectivity index (χ0) is 11.7. The Bertz CT molecular complexity index is 518. The molecule has 3 rings (SSSR count). The smallest absolute Gasteiger partial charge is 0.127 e. The normalized spacial score (nSPS) is 24.1. The summed E-state index contributed by atoms with van der Waals surface area (Å²) >= 11 is 0. The maximum atomic E-state index is 6.10. The van der Waals surface area contributed by atoms with Crippen LogP contribution in [0, 0.1) is 0 Å². The van der Waals surface area contributed by atoms with E-state index >= 15 is 0 Å². The van der Waals surface area contributed by atoms with E-state index in [2.05, 4.69) is 54.7 Å². The van der Waals surface area contributed by atoms with Crippen LogP contribution in [-0.2, 0) is 0 Å². The van der Waals surface area contributed by atoms with Crippen LogP contribution in [0.4, 0.5) is 0 Å². The second-order valence-corrected chi connectivity index (χ2v) is 4.76. The van der Waals surface area contributed by atoms with Gasteiger partial charge in [-0.1, -0.05) is 36.4 Å². The van der Waals surface area contributed by atoms with Gasteiger partial charge < -0.3 is 10.1 Å². The first-order valence-corrected chi connectivity index (χ1v) is 6.21. The SMILES string of the molecule is C[C@@H]1C[C@H](Oc2cccc3ccccc23)CN1. The zero-order valence-corrected chi connectivity index (χ0v) is 10.0. The van der Waals surface area contributed by atoms with E-state index in [0.29, 0.717) is 12.1 Å². The van der Waals surface area contributed by atoms with Crippen molar-refractivity contribution >= 4 is 10.8 Å². The highest BCUT2D eigenvalue weighted by molar-refractivity contribution is 5.88. The van der Waals surface area contributed by atoms with Gasteiger partial charge in [0.25, 0.3) is 0 Å². The predicted molar refractivity (Wildman–Crippen MR) is 70.4 cm³/mol. The number of nitrogens with one attached hydrogen (secondary N) is 1. The predicted octanol–water partition coefficient (Wildman–Crippen LogP) is 2.97. The second-order valence-electron chi connectivity index (χ2n) is 4.76. The highest BCUT2D eigenvalue weighted by Crippen LogP contribution is 2.27. The van der Waals surface area contributed by atoms with Crippen LogP contribution in [0.1, 0.15) is 13.3 Å². The fourth-order valence-corrected chi connectivity index (χ4v) is 2.46. The van der Waals surface area contributed by atoms with Gasteiger partial charge in [0.2, 0.25) is 0 Å². The molecule has 0 unspecified atom stereocenters. The number of fused-ring (bicyclic) bond motifs is 1. The van der Waals surface area contributed by atoms with Crippen LogP contribution in [0.25, 0.3) is 10.8 Å². The van der Waals surface area contributed by atoms with Gasteiger partial charge in [-0.3, -0.25) is 0 Å². The molecule has 2 aromatic carbocycles. The van der Waals surface area contributed by atoms with E-state index < -0.39 is 0 Å². The number of hydrogen-bond donors (Lipinski definition) is 1. The average Bonchev–Trinajstić information content (AvgIpc) is 2.75. The minimum absolute atomic E-state index is 0.302. The molecule has 17 heavy (non-hydrogen) atoms. The van der Waals surface area contributed by atoms with E-state index in [1.165, 1.54) is 10.8 Å². The van der Waals surface area contributed by atoms with Gasteiger partial charge in [-0.2, -0.15) is 0 Å². The monoisotopic (exact) mass is 227 g/mol. The van der Waals surface area contributed by atoms with Crippen molar-refractivity contribution < 1.29 is 4.74 Å². The summed E-state index contributed by atoms with van der Waals surface area (Å²) in [5.41, 5.74) is 0. The highest BCUT2D eigenvalue weighted by atomic mass is 16.5. The van der Waals surface area contributed by atoms with Crippen molar-refractivity contribution in [3.63, 3.8) is 0 Å². The van der Waals surface area contributed by atoms with Gasteiger partial charge in [0.15, 0.2) is 0 Å². The first-order chi connectivity index (χ1) is 8.33. The lowest BCUT2D eigenvalue weighted by Gasteiger charge is -2.14. The van der Waals surface area contributed by atoms with E-state index in [0.717, 1.165) is 18.7 Å². The molecule has 1 N–H and O–H groups in total. The molecule has 0 aromatic heterocycles. The number of hydrogen-bond acceptors (Lipinski definition) is 2. The van der Waals surface area contributed by atoms with Crippen molar-refractivity contribution in [3.8, 4) is 5.75 Å². The third-order valence-electron chi connectivity index (χ3n) is 3.35. The summed E-state index contributed by atoms with van der Waals surface area (Å²) < 4.78 is 6.10. The molecule has 0 amide bonds. The van der Waals surface area contributed by atoms with Gasteiger partial charge in [0.05, 0.1) is 0 Å². The lowest BCUT2D eigenvalue weighted by atomic mass is 10.1. The van der Waals surface area contributed by atoms with Crippen LogP contribution in [-0.4, -0.2) is 18.7 Å². The third-order valence-corrected chi connectivity index (χ3v) is 3.35. The van der Waals surface area contributed by atoms with Gasteiger partial charge in [-0.15, -0.1) is 0 Å². The lowest BCUT2D eigenvalue weighted by Crippen LogP contribution is -2.20. The quantitative estimate of drug-likeness (QED) is 0.851.